The first kappa shape index (κ1) is 18.6. The van der Waals surface area contributed by atoms with Crippen LogP contribution in [0.15, 0.2) is 30.3 Å². The van der Waals surface area contributed by atoms with Gasteiger partial charge < -0.3 is 15.0 Å². The predicted molar refractivity (Wildman–Crippen MR) is 115 cm³/mol. The first-order valence-electron chi connectivity index (χ1n) is 10.1. The number of likely N-dealkylation sites (tertiary alicyclic amines) is 1. The maximum atomic E-state index is 13.2. The Kier molecular flexibility index (Phi) is 4.40. The van der Waals surface area contributed by atoms with E-state index in [-0.39, 0.29) is 17.6 Å². The van der Waals surface area contributed by atoms with Crippen molar-refractivity contribution in [3.63, 3.8) is 0 Å². The lowest BCUT2D eigenvalue weighted by Gasteiger charge is -2.46. The van der Waals surface area contributed by atoms with Crippen LogP contribution in [0.25, 0.3) is 10.2 Å². The minimum atomic E-state index is -0.195. The maximum Gasteiger partial charge on any atom is 0.261 e. The van der Waals surface area contributed by atoms with Gasteiger partial charge in [0.25, 0.3) is 5.91 Å². The summed E-state index contributed by atoms with van der Waals surface area (Å²) in [5.74, 6) is 0.889. The summed E-state index contributed by atoms with van der Waals surface area (Å²) in [6, 6.07) is 10.0. The highest BCUT2D eigenvalue weighted by Crippen LogP contribution is 2.44. The Morgan fingerprint density at radius 3 is 2.79 bits per heavy atom. The molecule has 7 heteroatoms. The molecule has 2 aliphatic heterocycles. The fourth-order valence-corrected chi connectivity index (χ4v) is 5.65. The number of fused-ring (bicyclic) bond motifs is 2. The number of para-hydroxylation sites is 1. The molecule has 0 saturated carbocycles. The van der Waals surface area contributed by atoms with E-state index < -0.39 is 0 Å². The molecule has 2 aliphatic rings. The average molecular weight is 411 g/mol. The average Bonchev–Trinajstić information content (AvgIpc) is 3.26. The SMILES string of the molecule is Cc1nn(C)c2sc(C(=O)NC3CC4(CCN(C)CC4)Oc4ccccc43)cc12. The lowest BCUT2D eigenvalue weighted by Crippen LogP contribution is -2.51. The quantitative estimate of drug-likeness (QED) is 0.700. The monoisotopic (exact) mass is 410 g/mol. The Labute approximate surface area is 174 Å². The number of hydrogen-bond acceptors (Lipinski definition) is 5. The fourth-order valence-electron chi connectivity index (χ4n) is 4.63. The predicted octanol–water partition coefficient (Wildman–Crippen LogP) is 3.66. The molecule has 6 nitrogen and oxygen atoms in total. The molecule has 1 fully saturated rings. The molecular formula is C22H26N4O2S. The number of thiophene rings is 1. The van der Waals surface area contributed by atoms with E-state index in [4.69, 9.17) is 4.74 Å². The smallest absolute Gasteiger partial charge is 0.261 e. The summed E-state index contributed by atoms with van der Waals surface area (Å²) in [5.41, 5.74) is 1.84. The highest BCUT2D eigenvalue weighted by molar-refractivity contribution is 7.20. The molecule has 5 rings (SSSR count). The zero-order chi connectivity index (χ0) is 20.2. The molecule has 3 aromatic rings. The van der Waals surface area contributed by atoms with Crippen molar-refractivity contribution in [3.8, 4) is 5.75 Å². The Balaban J connectivity index is 1.44. The second kappa shape index (κ2) is 6.85. The van der Waals surface area contributed by atoms with Gasteiger partial charge >= 0.3 is 0 Å². The number of nitrogens with zero attached hydrogens (tertiary/aromatic N) is 3. The summed E-state index contributed by atoms with van der Waals surface area (Å²) >= 11 is 1.50. The summed E-state index contributed by atoms with van der Waals surface area (Å²) in [6.07, 6.45) is 2.78. The Bertz CT molecular complexity index is 1040. The van der Waals surface area contributed by atoms with Gasteiger partial charge in [-0.2, -0.15) is 5.10 Å². The molecule has 1 spiro atoms. The number of benzene rings is 1. The van der Waals surface area contributed by atoms with E-state index in [1.807, 2.05) is 42.9 Å². The van der Waals surface area contributed by atoms with Crippen molar-refractivity contribution in [1.29, 1.82) is 0 Å². The van der Waals surface area contributed by atoms with Crippen molar-refractivity contribution >= 4 is 27.5 Å². The minimum Gasteiger partial charge on any atom is -0.487 e. The normalized spacial score (nSPS) is 21.1. The zero-order valence-corrected chi connectivity index (χ0v) is 17.9. The Morgan fingerprint density at radius 1 is 1.28 bits per heavy atom. The van der Waals surface area contributed by atoms with Crippen molar-refractivity contribution in [3.05, 3.63) is 46.5 Å². The van der Waals surface area contributed by atoms with E-state index in [2.05, 4.69) is 28.4 Å². The van der Waals surface area contributed by atoms with Crippen LogP contribution >= 0.6 is 11.3 Å². The van der Waals surface area contributed by atoms with Crippen molar-refractivity contribution in [2.45, 2.75) is 37.8 Å². The van der Waals surface area contributed by atoms with Gasteiger partial charge in [-0.05, 0) is 38.9 Å². The van der Waals surface area contributed by atoms with E-state index in [0.29, 0.717) is 0 Å². The summed E-state index contributed by atoms with van der Waals surface area (Å²) in [7, 11) is 4.08. The van der Waals surface area contributed by atoms with Gasteiger partial charge in [0.1, 0.15) is 16.2 Å². The number of carbonyl (C=O) groups is 1. The number of aryl methyl sites for hydroxylation is 2. The van der Waals surface area contributed by atoms with Gasteiger partial charge in [0.05, 0.1) is 16.6 Å². The van der Waals surface area contributed by atoms with E-state index >= 15 is 0 Å². The number of rotatable bonds is 2. The maximum absolute atomic E-state index is 13.2. The molecule has 0 bridgehead atoms. The number of piperidine rings is 1. The largest absolute Gasteiger partial charge is 0.487 e. The number of amides is 1. The fraction of sp³-hybridized carbons (Fsp3) is 0.455. The topological polar surface area (TPSA) is 59.4 Å². The number of aromatic nitrogens is 2. The summed E-state index contributed by atoms with van der Waals surface area (Å²) in [4.78, 5) is 17.3. The third kappa shape index (κ3) is 3.22. The Hall–Kier alpha value is -2.38. The van der Waals surface area contributed by atoms with Gasteiger partial charge in [0, 0.05) is 37.5 Å². The molecule has 1 aromatic carbocycles. The van der Waals surface area contributed by atoms with Crippen molar-refractivity contribution in [1.82, 2.24) is 20.0 Å². The van der Waals surface area contributed by atoms with E-state index in [0.717, 1.165) is 64.5 Å². The molecule has 1 unspecified atom stereocenters. The molecule has 4 heterocycles. The van der Waals surface area contributed by atoms with Crippen LogP contribution in [0.5, 0.6) is 5.75 Å². The number of hydrogen-bond donors (Lipinski definition) is 1. The molecule has 1 N–H and O–H groups in total. The lowest BCUT2D eigenvalue weighted by molar-refractivity contribution is -0.0195. The highest BCUT2D eigenvalue weighted by Gasteiger charge is 2.43. The van der Waals surface area contributed by atoms with Crippen LogP contribution in [-0.2, 0) is 7.05 Å². The first-order valence-corrected chi connectivity index (χ1v) is 11.0. The van der Waals surface area contributed by atoms with Crippen LogP contribution < -0.4 is 10.1 Å². The van der Waals surface area contributed by atoms with Crippen LogP contribution in [0, 0.1) is 6.92 Å². The second-order valence-corrected chi connectivity index (χ2v) is 9.43. The van der Waals surface area contributed by atoms with E-state index in [9.17, 15) is 4.79 Å². The molecule has 2 aromatic heterocycles. The Morgan fingerprint density at radius 2 is 2.03 bits per heavy atom. The number of nitrogens with one attached hydrogen (secondary N) is 1. The van der Waals surface area contributed by atoms with Gasteiger partial charge in [-0.1, -0.05) is 18.2 Å². The van der Waals surface area contributed by atoms with Crippen LogP contribution in [0.1, 0.15) is 46.2 Å². The molecule has 29 heavy (non-hydrogen) atoms. The second-order valence-electron chi connectivity index (χ2n) is 8.39. The minimum absolute atomic E-state index is 0.0182. The van der Waals surface area contributed by atoms with Crippen LogP contribution in [-0.4, -0.2) is 46.3 Å². The van der Waals surface area contributed by atoms with Crippen LogP contribution in [0.4, 0.5) is 0 Å². The van der Waals surface area contributed by atoms with Gasteiger partial charge in [-0.3, -0.25) is 9.48 Å². The first-order chi connectivity index (χ1) is 13.9. The van der Waals surface area contributed by atoms with Gasteiger partial charge in [0.2, 0.25) is 0 Å². The molecular weight excluding hydrogens is 384 g/mol. The molecule has 0 radical (unpaired) electrons. The van der Waals surface area contributed by atoms with Gasteiger partial charge in [0.15, 0.2) is 0 Å². The number of carbonyl (C=O) groups excluding carboxylic acids is 1. The van der Waals surface area contributed by atoms with E-state index in [1.165, 1.54) is 11.3 Å². The molecule has 0 aliphatic carbocycles. The van der Waals surface area contributed by atoms with Crippen molar-refractivity contribution < 1.29 is 9.53 Å². The molecule has 1 amide bonds. The van der Waals surface area contributed by atoms with E-state index in [1.54, 1.807) is 0 Å². The zero-order valence-electron chi connectivity index (χ0n) is 17.1. The highest BCUT2D eigenvalue weighted by atomic mass is 32.1. The summed E-state index contributed by atoms with van der Waals surface area (Å²) in [5, 5.41) is 8.80. The molecule has 1 atom stereocenters. The number of ether oxygens (including phenoxy) is 1. The third-order valence-corrected chi connectivity index (χ3v) is 7.52. The van der Waals surface area contributed by atoms with Crippen molar-refractivity contribution in [2.75, 3.05) is 20.1 Å². The van der Waals surface area contributed by atoms with Crippen molar-refractivity contribution in [2.24, 2.45) is 7.05 Å². The van der Waals surface area contributed by atoms with Crippen LogP contribution in [0.2, 0.25) is 0 Å². The lowest BCUT2D eigenvalue weighted by atomic mass is 9.80. The summed E-state index contributed by atoms with van der Waals surface area (Å²) < 4.78 is 8.36. The molecule has 1 saturated heterocycles. The van der Waals surface area contributed by atoms with Crippen LogP contribution in [0.3, 0.4) is 0 Å². The summed E-state index contributed by atoms with van der Waals surface area (Å²) in [6.45, 7) is 4.02. The van der Waals surface area contributed by atoms with Gasteiger partial charge in [-0.25, -0.2) is 0 Å². The standard InChI is InChI=1S/C22H26N4O2S/c1-14-16-12-19(29-21(16)26(3)24-14)20(27)23-17-13-22(8-10-25(2)11-9-22)28-18-7-5-4-6-15(17)18/h4-7,12,17H,8-11,13H2,1-3H3,(H,23,27). The van der Waals surface area contributed by atoms with Gasteiger partial charge in [-0.15, -0.1) is 11.3 Å². The third-order valence-electron chi connectivity index (χ3n) is 6.32. The molecule has 152 valence electrons.